The van der Waals surface area contributed by atoms with Crippen molar-refractivity contribution < 1.29 is 28.6 Å². The first kappa shape index (κ1) is 23.3. The second-order valence-electron chi connectivity index (χ2n) is 7.14. The molecule has 1 amide bonds. The molecule has 0 radical (unpaired) electrons. The summed E-state index contributed by atoms with van der Waals surface area (Å²) in [5.74, 6) is -3.64. The average molecular weight is 456 g/mol. The van der Waals surface area contributed by atoms with Gasteiger partial charge in [0.15, 0.2) is 5.96 Å². The molecule has 7 N–H and O–H groups in total. The number of aliphatic imine (C=N–C) groups is 1. The minimum Gasteiger partial charge on any atom is -0.508 e. The molecule has 0 fully saturated rings. The summed E-state index contributed by atoms with van der Waals surface area (Å²) < 4.78 is 19.0. The highest BCUT2D eigenvalue weighted by molar-refractivity contribution is 6.02. The van der Waals surface area contributed by atoms with Crippen LogP contribution in [0.15, 0.2) is 56.7 Å². The number of carbonyl (C=O) groups excluding carboxylic acids is 1. The Balaban J connectivity index is 2.03. The zero-order chi connectivity index (χ0) is 24.1. The van der Waals surface area contributed by atoms with Crippen LogP contribution in [0.3, 0.4) is 0 Å². The van der Waals surface area contributed by atoms with Crippen LogP contribution in [0.5, 0.6) is 5.75 Å². The minimum atomic E-state index is -1.32. The lowest BCUT2D eigenvalue weighted by atomic mass is 10.0. The fourth-order valence-electron chi connectivity index (χ4n) is 3.21. The van der Waals surface area contributed by atoms with Crippen LogP contribution in [-0.2, 0) is 4.79 Å². The molecule has 0 aliphatic rings. The second-order valence-corrected chi connectivity index (χ2v) is 7.14. The van der Waals surface area contributed by atoms with Gasteiger partial charge in [-0.05, 0) is 42.7 Å². The number of hydrogen-bond donors (Lipinski definition) is 5. The van der Waals surface area contributed by atoms with Gasteiger partial charge < -0.3 is 31.4 Å². The van der Waals surface area contributed by atoms with Crippen molar-refractivity contribution in [1.82, 2.24) is 5.32 Å². The number of nitrogens with two attached hydrogens (primary N) is 2. The number of halogens is 1. The molecule has 1 atom stereocenters. The van der Waals surface area contributed by atoms with Crippen LogP contribution in [0, 0.1) is 5.82 Å². The van der Waals surface area contributed by atoms with Crippen LogP contribution >= 0.6 is 0 Å². The van der Waals surface area contributed by atoms with E-state index in [0.717, 1.165) is 18.2 Å². The van der Waals surface area contributed by atoms with E-state index in [-0.39, 0.29) is 53.2 Å². The van der Waals surface area contributed by atoms with Gasteiger partial charge in [0.05, 0.1) is 10.9 Å². The smallest absolute Gasteiger partial charge is 0.326 e. The molecule has 1 aromatic heterocycles. The molecule has 0 aliphatic carbocycles. The fraction of sp³-hybridized carbons (Fsp3) is 0.182. The number of fused-ring (bicyclic) bond motifs is 1. The van der Waals surface area contributed by atoms with E-state index in [1.807, 2.05) is 0 Å². The van der Waals surface area contributed by atoms with Crippen LogP contribution in [-0.4, -0.2) is 40.6 Å². The van der Waals surface area contributed by atoms with Crippen molar-refractivity contribution in [1.29, 1.82) is 0 Å². The Morgan fingerprint density at radius 2 is 1.85 bits per heavy atom. The molecule has 0 aliphatic heterocycles. The number of carboxylic acid groups (broad SMARTS) is 1. The second kappa shape index (κ2) is 9.81. The molecule has 0 saturated heterocycles. The summed E-state index contributed by atoms with van der Waals surface area (Å²) in [6.07, 6.45) is 0.262. The van der Waals surface area contributed by atoms with E-state index < -0.39 is 34.9 Å². The summed E-state index contributed by atoms with van der Waals surface area (Å²) >= 11 is 0. The number of rotatable bonds is 8. The highest BCUT2D eigenvalue weighted by Crippen LogP contribution is 2.27. The van der Waals surface area contributed by atoms with Gasteiger partial charge in [-0.2, -0.15) is 0 Å². The molecule has 11 heteroatoms. The normalized spacial score (nSPS) is 11.7. The van der Waals surface area contributed by atoms with Gasteiger partial charge >= 0.3 is 5.97 Å². The largest absolute Gasteiger partial charge is 0.508 e. The molecule has 10 nitrogen and oxygen atoms in total. The van der Waals surface area contributed by atoms with Gasteiger partial charge in [-0.15, -0.1) is 0 Å². The first-order valence-corrected chi connectivity index (χ1v) is 9.82. The number of aromatic hydroxyl groups is 1. The van der Waals surface area contributed by atoms with E-state index in [1.54, 1.807) is 0 Å². The van der Waals surface area contributed by atoms with Crippen LogP contribution in [0.1, 0.15) is 23.4 Å². The third kappa shape index (κ3) is 5.45. The molecule has 33 heavy (non-hydrogen) atoms. The number of phenols is 1. The Hall–Kier alpha value is -4.41. The molecule has 172 valence electrons. The summed E-state index contributed by atoms with van der Waals surface area (Å²) in [6.45, 7) is 0.160. The van der Waals surface area contributed by atoms with Crippen molar-refractivity contribution in [2.45, 2.75) is 18.9 Å². The molecular weight excluding hydrogens is 435 g/mol. The van der Waals surface area contributed by atoms with Crippen molar-refractivity contribution in [2.75, 3.05) is 6.54 Å². The molecule has 2 aromatic carbocycles. The molecule has 1 heterocycles. The number of carbonyl (C=O) groups is 2. The van der Waals surface area contributed by atoms with Crippen molar-refractivity contribution in [3.05, 3.63) is 64.3 Å². The topological polar surface area (TPSA) is 181 Å². The number of benzene rings is 2. The van der Waals surface area contributed by atoms with Gasteiger partial charge in [-0.1, -0.05) is 12.1 Å². The Bertz CT molecular complexity index is 1280. The summed E-state index contributed by atoms with van der Waals surface area (Å²) in [4.78, 5) is 41.6. The summed E-state index contributed by atoms with van der Waals surface area (Å²) in [6, 6.07) is 7.27. The van der Waals surface area contributed by atoms with Crippen LogP contribution in [0.4, 0.5) is 4.39 Å². The lowest BCUT2D eigenvalue weighted by Crippen LogP contribution is -2.41. The van der Waals surface area contributed by atoms with E-state index in [9.17, 15) is 29.0 Å². The average Bonchev–Trinajstić information content (AvgIpc) is 2.75. The Kier molecular flexibility index (Phi) is 6.91. The summed E-state index contributed by atoms with van der Waals surface area (Å²) in [5, 5.41) is 21.6. The Labute approximate surface area is 186 Å². The standard InChI is InChI=1S/C22H21FN4O6/c23-12-5-3-11(4-6-12)17-18(29)14-8-7-13(28)10-16(14)33-19(17)20(30)27-15(21(31)32)2-1-9-26-22(24)25/h3-8,10,15,28H,1-2,9H2,(H,27,30)(H,31,32)(H4,24,25,26)/t15-/m0/s1. The molecule has 0 bridgehead atoms. The van der Waals surface area contributed by atoms with Gasteiger partial charge in [-0.3, -0.25) is 14.6 Å². The van der Waals surface area contributed by atoms with E-state index >= 15 is 0 Å². The lowest BCUT2D eigenvalue weighted by molar-refractivity contribution is -0.139. The summed E-state index contributed by atoms with van der Waals surface area (Å²) in [7, 11) is 0. The molecule has 3 aromatic rings. The Morgan fingerprint density at radius 1 is 1.15 bits per heavy atom. The van der Waals surface area contributed by atoms with Crippen LogP contribution in [0.2, 0.25) is 0 Å². The van der Waals surface area contributed by atoms with E-state index in [0.29, 0.717) is 0 Å². The fourth-order valence-corrected chi connectivity index (χ4v) is 3.21. The number of nitrogens with one attached hydrogen (secondary N) is 1. The first-order chi connectivity index (χ1) is 15.7. The lowest BCUT2D eigenvalue weighted by Gasteiger charge is -2.15. The third-order valence-electron chi connectivity index (χ3n) is 4.76. The van der Waals surface area contributed by atoms with Crippen LogP contribution in [0.25, 0.3) is 22.1 Å². The zero-order valence-corrected chi connectivity index (χ0v) is 17.2. The molecule has 0 spiro atoms. The zero-order valence-electron chi connectivity index (χ0n) is 17.2. The van der Waals surface area contributed by atoms with Gasteiger partial charge in [0.25, 0.3) is 5.91 Å². The number of phenolic OH excluding ortho intramolecular Hbond substituents is 1. The van der Waals surface area contributed by atoms with E-state index in [2.05, 4.69) is 10.3 Å². The molecular formula is C22H21FN4O6. The van der Waals surface area contributed by atoms with Gasteiger partial charge in [-0.25, -0.2) is 9.18 Å². The molecule has 3 rings (SSSR count). The van der Waals surface area contributed by atoms with Crippen molar-refractivity contribution in [2.24, 2.45) is 16.5 Å². The maximum Gasteiger partial charge on any atom is 0.326 e. The van der Waals surface area contributed by atoms with E-state index in [1.165, 1.54) is 24.3 Å². The number of aliphatic carboxylic acids is 1. The number of nitrogens with zero attached hydrogens (tertiary/aromatic N) is 1. The third-order valence-corrected chi connectivity index (χ3v) is 4.76. The van der Waals surface area contributed by atoms with Crippen molar-refractivity contribution >= 4 is 28.8 Å². The summed E-state index contributed by atoms with van der Waals surface area (Å²) in [5.41, 5.74) is 9.82. The van der Waals surface area contributed by atoms with Crippen LogP contribution < -0.4 is 22.2 Å². The number of carboxylic acids is 1. The maximum absolute atomic E-state index is 13.4. The SMILES string of the molecule is NC(N)=NCCC[C@H](NC(=O)c1oc2cc(O)ccc2c(=O)c1-c1ccc(F)cc1)C(=O)O. The predicted octanol–water partition coefficient (Wildman–Crippen LogP) is 1.54. The van der Waals surface area contributed by atoms with Crippen molar-refractivity contribution in [3.8, 4) is 16.9 Å². The number of hydrogen-bond acceptors (Lipinski definition) is 6. The minimum absolute atomic E-state index is 0.00232. The maximum atomic E-state index is 13.4. The van der Waals surface area contributed by atoms with E-state index in [4.69, 9.17) is 15.9 Å². The molecule has 0 saturated carbocycles. The quantitative estimate of drug-likeness (QED) is 0.192. The predicted molar refractivity (Wildman–Crippen MR) is 118 cm³/mol. The highest BCUT2D eigenvalue weighted by atomic mass is 19.1. The number of guanidine groups is 1. The number of amides is 1. The Morgan fingerprint density at radius 3 is 2.48 bits per heavy atom. The van der Waals surface area contributed by atoms with Crippen molar-refractivity contribution in [3.63, 3.8) is 0 Å². The van der Waals surface area contributed by atoms with Gasteiger partial charge in [0, 0.05) is 12.6 Å². The first-order valence-electron chi connectivity index (χ1n) is 9.82. The van der Waals surface area contributed by atoms with Gasteiger partial charge in [0.2, 0.25) is 11.2 Å². The highest BCUT2D eigenvalue weighted by Gasteiger charge is 2.26. The van der Waals surface area contributed by atoms with Gasteiger partial charge in [0.1, 0.15) is 23.2 Å². The molecule has 0 unspecified atom stereocenters. The monoisotopic (exact) mass is 456 g/mol.